The van der Waals surface area contributed by atoms with Crippen LogP contribution in [0.5, 0.6) is 0 Å². The van der Waals surface area contributed by atoms with Crippen LogP contribution in [-0.2, 0) is 34.7 Å². The second-order valence-corrected chi connectivity index (χ2v) is 11.7. The Bertz CT molecular complexity index is 902. The van der Waals surface area contributed by atoms with Gasteiger partial charge in [0, 0.05) is 5.41 Å². The predicted molar refractivity (Wildman–Crippen MR) is 124 cm³/mol. The van der Waals surface area contributed by atoms with Gasteiger partial charge in [-0.2, -0.15) is 0 Å². The van der Waals surface area contributed by atoms with Crippen LogP contribution >= 0.6 is 0 Å². The molecule has 2 aromatic carbocycles. The summed E-state index contributed by atoms with van der Waals surface area (Å²) in [7, 11) is 0. The Morgan fingerprint density at radius 3 is 2.48 bits per heavy atom. The Morgan fingerprint density at radius 2 is 1.79 bits per heavy atom. The first kappa shape index (κ1) is 22.2. The van der Waals surface area contributed by atoms with E-state index in [2.05, 4.69) is 89.6 Å². The molecule has 0 aromatic heterocycles. The van der Waals surface area contributed by atoms with Crippen LogP contribution < -0.4 is 0 Å². The number of fused-ring (bicyclic) bond motifs is 3. The third-order valence-corrected chi connectivity index (χ3v) is 6.20. The number of hydrogen-bond acceptors (Lipinski definition) is 0. The Hall–Kier alpha value is -1.47. The molecule has 2 aliphatic carbocycles. The van der Waals surface area contributed by atoms with Gasteiger partial charge < -0.3 is 0 Å². The van der Waals surface area contributed by atoms with E-state index >= 15 is 0 Å². The van der Waals surface area contributed by atoms with E-state index in [0.717, 1.165) is 25.7 Å². The summed E-state index contributed by atoms with van der Waals surface area (Å²) in [5.41, 5.74) is 9.19. The van der Waals surface area contributed by atoms with E-state index < -0.39 is 0 Å². The molecule has 29 heavy (non-hydrogen) atoms. The average molecular weight is 549 g/mol. The summed E-state index contributed by atoms with van der Waals surface area (Å²) in [5.74, 6) is 0. The van der Waals surface area contributed by atoms with Gasteiger partial charge in [-0.05, 0) is 59.9 Å². The molecule has 0 radical (unpaired) electrons. The fourth-order valence-corrected chi connectivity index (χ4v) is 5.07. The van der Waals surface area contributed by atoms with Gasteiger partial charge in [0.2, 0.25) is 0 Å². The Labute approximate surface area is 189 Å². The SMILES string of the molecule is C=CCCC(CCC)(C1=CC=CC1)c1cccc2c1Cc1ccccc1-2.[CH3][Hf][CH3]. The molecule has 1 unspecified atom stereocenters. The van der Waals surface area contributed by atoms with Gasteiger partial charge in [0.05, 0.1) is 0 Å². The van der Waals surface area contributed by atoms with Gasteiger partial charge in [0.1, 0.15) is 0 Å². The van der Waals surface area contributed by atoms with E-state index in [-0.39, 0.29) is 28.3 Å². The second-order valence-electron chi connectivity index (χ2n) is 8.15. The van der Waals surface area contributed by atoms with E-state index in [0.29, 0.717) is 0 Å². The van der Waals surface area contributed by atoms with Gasteiger partial charge in [0.15, 0.2) is 0 Å². The van der Waals surface area contributed by atoms with Gasteiger partial charge in [-0.1, -0.05) is 85.7 Å². The number of benzene rings is 2. The molecule has 0 spiro atoms. The molecule has 2 aromatic rings. The van der Waals surface area contributed by atoms with Crippen molar-refractivity contribution in [3.8, 4) is 11.1 Å². The van der Waals surface area contributed by atoms with Crippen LogP contribution in [-0.4, -0.2) is 0 Å². The van der Waals surface area contributed by atoms with Crippen LogP contribution in [0.15, 0.2) is 78.9 Å². The van der Waals surface area contributed by atoms with Gasteiger partial charge >= 0.3 is 32.3 Å². The third kappa shape index (κ3) is 4.50. The monoisotopic (exact) mass is 550 g/mol. The molecular weight excluding hydrogens is 515 g/mol. The zero-order valence-electron chi connectivity index (χ0n) is 18.3. The number of rotatable bonds is 7. The Morgan fingerprint density at radius 1 is 1.03 bits per heavy atom. The molecule has 0 saturated carbocycles. The summed E-state index contributed by atoms with van der Waals surface area (Å²) in [6.45, 7) is 6.34. The van der Waals surface area contributed by atoms with Crippen molar-refractivity contribution >= 4 is 0 Å². The molecule has 150 valence electrons. The molecule has 0 saturated heterocycles. The fraction of sp³-hybridized carbons (Fsp3) is 0.357. The molecule has 0 N–H and O–H groups in total. The topological polar surface area (TPSA) is 0 Å². The second kappa shape index (κ2) is 10.5. The zero-order chi connectivity index (χ0) is 20.7. The maximum atomic E-state index is 4.01. The molecule has 0 heterocycles. The van der Waals surface area contributed by atoms with Crippen LogP contribution in [0.25, 0.3) is 11.1 Å². The first-order chi connectivity index (χ1) is 14.2. The van der Waals surface area contributed by atoms with Crippen molar-refractivity contribution in [1.29, 1.82) is 0 Å². The molecule has 1 atom stereocenters. The summed E-state index contributed by atoms with van der Waals surface area (Å²) >= 11 is 0.0833. The molecular formula is C28H34Hf. The van der Waals surface area contributed by atoms with Crippen molar-refractivity contribution in [1.82, 2.24) is 0 Å². The summed E-state index contributed by atoms with van der Waals surface area (Å²) in [5, 5.41) is 0. The molecule has 0 nitrogen and oxygen atoms in total. The van der Waals surface area contributed by atoms with Crippen molar-refractivity contribution in [2.24, 2.45) is 0 Å². The maximum absolute atomic E-state index is 4.01. The normalized spacial score (nSPS) is 15.5. The molecule has 4 rings (SSSR count). The van der Waals surface area contributed by atoms with E-state index in [1.165, 1.54) is 29.5 Å². The van der Waals surface area contributed by atoms with Crippen molar-refractivity contribution in [3.05, 3.63) is 95.6 Å². The molecule has 0 aliphatic heterocycles. The van der Waals surface area contributed by atoms with Crippen LogP contribution in [0.1, 0.15) is 55.7 Å². The van der Waals surface area contributed by atoms with E-state index in [1.54, 1.807) is 16.7 Å². The molecule has 0 fully saturated rings. The zero-order valence-corrected chi connectivity index (χ0v) is 21.9. The van der Waals surface area contributed by atoms with Gasteiger partial charge in [-0.15, -0.1) is 6.58 Å². The standard InChI is InChI=1S/C26H28.2CH3.Hf/c1-3-5-18-26(17-4-2,21-12-7-8-13-21)25-16-10-15-23-22-14-9-6-11-20(22)19-24(23)25;;;/h3,6-12,14-16H,1,4-5,13,17-19H2,2H3;2*1H3;. The van der Waals surface area contributed by atoms with Crippen LogP contribution in [0.3, 0.4) is 0 Å². The quantitative estimate of drug-likeness (QED) is 0.206. The minimum absolute atomic E-state index is 0.0833. The third-order valence-electron chi connectivity index (χ3n) is 6.20. The molecule has 0 amide bonds. The minimum atomic E-state index is 0.0833. The van der Waals surface area contributed by atoms with Gasteiger partial charge in [-0.25, -0.2) is 0 Å². The molecule has 0 bridgehead atoms. The van der Waals surface area contributed by atoms with Crippen molar-refractivity contribution in [3.63, 3.8) is 0 Å². The van der Waals surface area contributed by atoms with Crippen molar-refractivity contribution in [2.45, 2.75) is 60.2 Å². The van der Waals surface area contributed by atoms with Crippen LogP contribution in [0, 0.1) is 0 Å². The van der Waals surface area contributed by atoms with Crippen LogP contribution in [0.4, 0.5) is 0 Å². The summed E-state index contributed by atoms with van der Waals surface area (Å²) in [6, 6.07) is 15.9. The Balaban J connectivity index is 0.000000755. The first-order valence-corrected chi connectivity index (χ1v) is 18.2. The average Bonchev–Trinajstić information content (AvgIpc) is 3.40. The summed E-state index contributed by atoms with van der Waals surface area (Å²) in [6.07, 6.45) is 15.8. The predicted octanol–water partition coefficient (Wildman–Crippen LogP) is 8.31. The van der Waals surface area contributed by atoms with Crippen molar-refractivity contribution in [2.75, 3.05) is 0 Å². The van der Waals surface area contributed by atoms with Crippen LogP contribution in [0.2, 0.25) is 9.36 Å². The van der Waals surface area contributed by atoms with E-state index in [1.807, 2.05) is 0 Å². The summed E-state index contributed by atoms with van der Waals surface area (Å²) < 4.78 is 4.64. The number of allylic oxidation sites excluding steroid dienone is 5. The van der Waals surface area contributed by atoms with Gasteiger partial charge in [-0.3, -0.25) is 0 Å². The summed E-state index contributed by atoms with van der Waals surface area (Å²) in [4.78, 5) is 0. The van der Waals surface area contributed by atoms with E-state index in [4.69, 9.17) is 0 Å². The fourth-order valence-electron chi connectivity index (χ4n) is 5.07. The van der Waals surface area contributed by atoms with E-state index in [9.17, 15) is 0 Å². The first-order valence-electron chi connectivity index (χ1n) is 11.0. The van der Waals surface area contributed by atoms with Gasteiger partial charge in [0.25, 0.3) is 0 Å². The molecule has 1 heteroatoms. The number of hydrogen-bond donors (Lipinski definition) is 0. The van der Waals surface area contributed by atoms with Crippen molar-refractivity contribution < 1.29 is 22.9 Å². The molecule has 2 aliphatic rings. The Kier molecular flexibility index (Phi) is 8.07.